The van der Waals surface area contributed by atoms with E-state index in [4.69, 9.17) is 9.26 Å². The molecule has 1 fully saturated rings. The number of carbonyl (C=O) groups excluding carboxylic acids is 1. The Labute approximate surface area is 133 Å². The molecule has 2 atom stereocenters. The lowest BCUT2D eigenvalue weighted by Crippen LogP contribution is -2.41. The maximum Gasteiger partial charge on any atom is 0.224 e. The number of ether oxygens (including phenoxy) is 1. The van der Waals surface area contributed by atoms with Crippen LogP contribution in [0.4, 0.5) is 4.39 Å². The van der Waals surface area contributed by atoms with E-state index in [1.165, 1.54) is 12.1 Å². The number of rotatable bonds is 5. The maximum atomic E-state index is 12.9. The number of aromatic nitrogens is 1. The summed E-state index contributed by atoms with van der Waals surface area (Å²) in [5.74, 6) is 0.571. The van der Waals surface area contributed by atoms with E-state index in [-0.39, 0.29) is 30.1 Å². The molecule has 0 radical (unpaired) electrons. The van der Waals surface area contributed by atoms with Gasteiger partial charge in [0.05, 0.1) is 31.4 Å². The molecule has 0 saturated carbocycles. The highest BCUT2D eigenvalue weighted by atomic mass is 19.1. The molecule has 1 aromatic heterocycles. The molecule has 0 unspecified atom stereocenters. The summed E-state index contributed by atoms with van der Waals surface area (Å²) in [5, 5.41) is 6.87. The SMILES string of the molecule is Cc1cc(C[C@@H]2COC[C@@H]2NC(=O)Cc2ccc(F)cc2)on1. The van der Waals surface area contributed by atoms with Crippen molar-refractivity contribution in [2.24, 2.45) is 5.92 Å². The van der Waals surface area contributed by atoms with Crippen LogP contribution in [0.15, 0.2) is 34.9 Å². The first-order valence-corrected chi connectivity index (χ1v) is 7.64. The average molecular weight is 318 g/mol. The van der Waals surface area contributed by atoms with E-state index in [0.717, 1.165) is 17.0 Å². The third-order valence-electron chi connectivity index (χ3n) is 3.96. The van der Waals surface area contributed by atoms with Crippen molar-refractivity contribution in [3.63, 3.8) is 0 Å². The Kier molecular flexibility index (Phi) is 4.71. The Bertz CT molecular complexity index is 669. The van der Waals surface area contributed by atoms with Gasteiger partial charge in [0, 0.05) is 18.4 Å². The molecule has 1 N–H and O–H groups in total. The minimum absolute atomic E-state index is 0.0478. The smallest absolute Gasteiger partial charge is 0.224 e. The third-order valence-corrected chi connectivity index (χ3v) is 3.96. The van der Waals surface area contributed by atoms with E-state index >= 15 is 0 Å². The number of amides is 1. The lowest BCUT2D eigenvalue weighted by Gasteiger charge is -2.18. The molecule has 1 amide bonds. The number of hydrogen-bond donors (Lipinski definition) is 1. The minimum atomic E-state index is -0.305. The predicted octanol–water partition coefficient (Wildman–Crippen LogP) is 2.04. The monoisotopic (exact) mass is 318 g/mol. The highest BCUT2D eigenvalue weighted by Crippen LogP contribution is 2.20. The van der Waals surface area contributed by atoms with Gasteiger partial charge in [-0.15, -0.1) is 0 Å². The highest BCUT2D eigenvalue weighted by Gasteiger charge is 2.30. The van der Waals surface area contributed by atoms with Crippen molar-refractivity contribution in [2.75, 3.05) is 13.2 Å². The van der Waals surface area contributed by atoms with Gasteiger partial charge in [-0.05, 0) is 24.6 Å². The van der Waals surface area contributed by atoms with Crippen LogP contribution >= 0.6 is 0 Å². The van der Waals surface area contributed by atoms with Crippen molar-refractivity contribution in [3.8, 4) is 0 Å². The number of hydrogen-bond acceptors (Lipinski definition) is 4. The van der Waals surface area contributed by atoms with E-state index in [1.807, 2.05) is 13.0 Å². The van der Waals surface area contributed by atoms with Gasteiger partial charge < -0.3 is 14.6 Å². The van der Waals surface area contributed by atoms with E-state index in [0.29, 0.717) is 19.6 Å². The Morgan fingerprint density at radius 3 is 2.83 bits per heavy atom. The number of halogens is 1. The zero-order chi connectivity index (χ0) is 16.2. The Morgan fingerprint density at radius 1 is 1.35 bits per heavy atom. The van der Waals surface area contributed by atoms with Gasteiger partial charge in [0.25, 0.3) is 0 Å². The van der Waals surface area contributed by atoms with Crippen LogP contribution in [0, 0.1) is 18.7 Å². The van der Waals surface area contributed by atoms with Gasteiger partial charge in [0.2, 0.25) is 5.91 Å². The van der Waals surface area contributed by atoms with Crippen molar-refractivity contribution in [3.05, 3.63) is 53.2 Å². The van der Waals surface area contributed by atoms with Crippen LogP contribution in [0.5, 0.6) is 0 Å². The van der Waals surface area contributed by atoms with Crippen molar-refractivity contribution >= 4 is 5.91 Å². The molecule has 1 saturated heterocycles. The molecule has 122 valence electrons. The lowest BCUT2D eigenvalue weighted by atomic mass is 9.98. The number of aryl methyl sites for hydroxylation is 1. The molecule has 2 heterocycles. The summed E-state index contributed by atoms with van der Waals surface area (Å²) in [7, 11) is 0. The van der Waals surface area contributed by atoms with Crippen LogP contribution in [0.3, 0.4) is 0 Å². The van der Waals surface area contributed by atoms with Crippen LogP contribution < -0.4 is 5.32 Å². The standard InChI is InChI=1S/C17H19FN2O3/c1-11-6-15(23-20-11)8-13-9-22-10-16(13)19-17(21)7-12-2-4-14(18)5-3-12/h2-6,13,16H,7-10H2,1H3,(H,19,21)/t13-,16+/m1/s1. The van der Waals surface area contributed by atoms with E-state index < -0.39 is 0 Å². The number of carbonyl (C=O) groups is 1. The summed E-state index contributed by atoms with van der Waals surface area (Å²) in [5.41, 5.74) is 1.63. The normalized spacial score (nSPS) is 20.6. The van der Waals surface area contributed by atoms with Gasteiger partial charge >= 0.3 is 0 Å². The number of benzene rings is 1. The number of nitrogens with one attached hydrogen (secondary N) is 1. The summed E-state index contributed by atoms with van der Waals surface area (Å²) < 4.78 is 23.6. The summed E-state index contributed by atoms with van der Waals surface area (Å²) in [4.78, 5) is 12.2. The second kappa shape index (κ2) is 6.91. The molecular formula is C17H19FN2O3. The zero-order valence-corrected chi connectivity index (χ0v) is 12.9. The summed E-state index contributed by atoms with van der Waals surface area (Å²) in [6, 6.07) is 7.81. The van der Waals surface area contributed by atoms with Gasteiger partial charge in [-0.3, -0.25) is 4.79 Å². The average Bonchev–Trinajstić information content (AvgIpc) is 3.11. The van der Waals surface area contributed by atoms with E-state index in [9.17, 15) is 9.18 Å². The molecule has 0 aliphatic carbocycles. The first-order valence-electron chi connectivity index (χ1n) is 7.64. The first-order chi connectivity index (χ1) is 11.1. The Balaban J connectivity index is 1.55. The summed E-state index contributed by atoms with van der Waals surface area (Å²) in [6.45, 7) is 2.95. The Morgan fingerprint density at radius 2 is 2.13 bits per heavy atom. The molecule has 0 bridgehead atoms. The quantitative estimate of drug-likeness (QED) is 0.916. The van der Waals surface area contributed by atoms with Crippen LogP contribution in [0.1, 0.15) is 17.0 Å². The zero-order valence-electron chi connectivity index (χ0n) is 12.9. The van der Waals surface area contributed by atoms with E-state index in [2.05, 4.69) is 10.5 Å². The van der Waals surface area contributed by atoms with Crippen molar-refractivity contribution < 1.29 is 18.4 Å². The molecule has 6 heteroatoms. The third kappa shape index (κ3) is 4.16. The molecule has 1 aromatic carbocycles. The largest absolute Gasteiger partial charge is 0.379 e. The van der Waals surface area contributed by atoms with Crippen LogP contribution in [0.2, 0.25) is 0 Å². The van der Waals surface area contributed by atoms with Gasteiger partial charge in [0.1, 0.15) is 11.6 Å². The number of nitrogens with zero attached hydrogens (tertiary/aromatic N) is 1. The Hall–Kier alpha value is -2.21. The van der Waals surface area contributed by atoms with Crippen molar-refractivity contribution in [2.45, 2.75) is 25.8 Å². The topological polar surface area (TPSA) is 64.4 Å². The van der Waals surface area contributed by atoms with E-state index in [1.54, 1.807) is 12.1 Å². The van der Waals surface area contributed by atoms with Gasteiger partial charge in [-0.1, -0.05) is 17.3 Å². The van der Waals surface area contributed by atoms with Gasteiger partial charge in [-0.2, -0.15) is 0 Å². The molecule has 2 aromatic rings. The van der Waals surface area contributed by atoms with Gasteiger partial charge in [0.15, 0.2) is 0 Å². The lowest BCUT2D eigenvalue weighted by molar-refractivity contribution is -0.121. The van der Waals surface area contributed by atoms with Crippen LogP contribution in [-0.2, 0) is 22.4 Å². The fraction of sp³-hybridized carbons (Fsp3) is 0.412. The molecule has 1 aliphatic heterocycles. The predicted molar refractivity (Wildman–Crippen MR) is 81.3 cm³/mol. The second-order valence-electron chi connectivity index (χ2n) is 5.91. The van der Waals surface area contributed by atoms with Crippen LogP contribution in [0.25, 0.3) is 0 Å². The molecule has 3 rings (SSSR count). The minimum Gasteiger partial charge on any atom is -0.379 e. The first kappa shape index (κ1) is 15.7. The van der Waals surface area contributed by atoms with Gasteiger partial charge in [-0.25, -0.2) is 4.39 Å². The van der Waals surface area contributed by atoms with Crippen molar-refractivity contribution in [1.82, 2.24) is 10.5 Å². The summed E-state index contributed by atoms with van der Waals surface area (Å²) in [6.07, 6.45) is 0.910. The summed E-state index contributed by atoms with van der Waals surface area (Å²) >= 11 is 0. The molecule has 0 spiro atoms. The fourth-order valence-corrected chi connectivity index (χ4v) is 2.78. The van der Waals surface area contributed by atoms with Crippen LogP contribution in [-0.4, -0.2) is 30.3 Å². The molecular weight excluding hydrogens is 299 g/mol. The molecule has 5 nitrogen and oxygen atoms in total. The second-order valence-corrected chi connectivity index (χ2v) is 5.91. The molecule has 23 heavy (non-hydrogen) atoms. The van der Waals surface area contributed by atoms with Crippen molar-refractivity contribution in [1.29, 1.82) is 0 Å². The fourth-order valence-electron chi connectivity index (χ4n) is 2.78. The maximum absolute atomic E-state index is 12.9. The highest BCUT2D eigenvalue weighted by molar-refractivity contribution is 5.78. The molecule has 1 aliphatic rings.